The van der Waals surface area contributed by atoms with Crippen LogP contribution in [0.2, 0.25) is 0 Å². The number of nitrogens with one attached hydrogen (secondary N) is 1. The number of methoxy groups -OCH3 is 2. The van der Waals surface area contributed by atoms with E-state index in [1.54, 1.807) is 14.2 Å². The van der Waals surface area contributed by atoms with Crippen LogP contribution in [0.3, 0.4) is 0 Å². The molecule has 1 aliphatic rings. The minimum absolute atomic E-state index is 0. The average Bonchev–Trinajstić information content (AvgIpc) is 2.78. The number of unbranched alkanes of at least 4 members (excludes halogenated alkanes) is 2. The zero-order valence-electron chi connectivity index (χ0n) is 19.0. The maximum absolute atomic E-state index is 5.49. The van der Waals surface area contributed by atoms with Crippen molar-refractivity contribution in [3.63, 3.8) is 0 Å². The first kappa shape index (κ1) is 27.6. The Bertz CT molecular complexity index is 746. The molecule has 1 aliphatic heterocycles. The van der Waals surface area contributed by atoms with E-state index in [1.165, 1.54) is 43.4 Å². The summed E-state index contributed by atoms with van der Waals surface area (Å²) in [5.74, 6) is 2.02. The van der Waals surface area contributed by atoms with Crippen molar-refractivity contribution in [2.45, 2.75) is 44.6 Å². The Morgan fingerprint density at radius 1 is 0.968 bits per heavy atom. The molecular formula is C25H38Cl2N2O2. The Morgan fingerprint density at radius 3 is 2.42 bits per heavy atom. The van der Waals surface area contributed by atoms with E-state index >= 15 is 0 Å². The zero-order valence-corrected chi connectivity index (χ0v) is 20.6. The summed E-state index contributed by atoms with van der Waals surface area (Å²) in [6, 6.07) is 17.6. The topological polar surface area (TPSA) is 33.7 Å². The molecule has 2 aromatic rings. The molecule has 1 saturated heterocycles. The standard InChI is InChI=1S/C25H36N2O2.2ClH/c1-20(22-13-14-24(28-2)25(18-22)29-3)23-19-27(17-15-26-23)16-9-5-8-12-21-10-6-4-7-11-21;;/h4,6-7,10-11,13-14,18,20,23,26H,5,8-9,12,15-17,19H2,1-3H3;2*1H. The normalized spacial score (nSPS) is 17.2. The van der Waals surface area contributed by atoms with Gasteiger partial charge in [0.1, 0.15) is 0 Å². The Hall–Kier alpha value is -1.46. The van der Waals surface area contributed by atoms with Crippen LogP contribution >= 0.6 is 24.8 Å². The van der Waals surface area contributed by atoms with Gasteiger partial charge in [0.05, 0.1) is 14.2 Å². The second-order valence-electron chi connectivity index (χ2n) is 8.06. The van der Waals surface area contributed by atoms with Crippen LogP contribution in [0.25, 0.3) is 0 Å². The molecule has 0 saturated carbocycles. The van der Waals surface area contributed by atoms with Crippen LogP contribution < -0.4 is 14.8 Å². The Labute approximate surface area is 200 Å². The number of rotatable bonds is 10. The predicted molar refractivity (Wildman–Crippen MR) is 135 cm³/mol. The van der Waals surface area contributed by atoms with Gasteiger partial charge >= 0.3 is 0 Å². The number of nitrogens with zero attached hydrogens (tertiary/aromatic N) is 1. The van der Waals surface area contributed by atoms with Crippen molar-refractivity contribution in [2.75, 3.05) is 40.4 Å². The molecule has 1 N–H and O–H groups in total. The quantitative estimate of drug-likeness (QED) is 0.477. The van der Waals surface area contributed by atoms with Gasteiger partial charge in [0.25, 0.3) is 0 Å². The van der Waals surface area contributed by atoms with Gasteiger partial charge in [-0.05, 0) is 55.0 Å². The van der Waals surface area contributed by atoms with Gasteiger partial charge in [-0.15, -0.1) is 24.8 Å². The summed E-state index contributed by atoms with van der Waals surface area (Å²) in [4.78, 5) is 2.63. The SMILES string of the molecule is COc1ccc(C(C)C2CN(CCCCCc3ccccc3)CCN2)cc1OC.Cl.Cl. The van der Waals surface area contributed by atoms with E-state index in [1.807, 2.05) is 6.07 Å². The first-order valence-corrected chi connectivity index (χ1v) is 10.9. The third-order valence-corrected chi connectivity index (χ3v) is 6.11. The lowest BCUT2D eigenvalue weighted by molar-refractivity contribution is 0.184. The maximum atomic E-state index is 5.49. The van der Waals surface area contributed by atoms with Gasteiger partial charge in [0, 0.05) is 25.7 Å². The molecule has 0 spiro atoms. The predicted octanol–water partition coefficient (Wildman–Crippen LogP) is 5.34. The van der Waals surface area contributed by atoms with Crippen molar-refractivity contribution < 1.29 is 9.47 Å². The number of piperazine rings is 1. The monoisotopic (exact) mass is 468 g/mol. The van der Waals surface area contributed by atoms with Crippen molar-refractivity contribution >= 4 is 24.8 Å². The number of ether oxygens (including phenoxy) is 2. The van der Waals surface area contributed by atoms with Crippen LogP contribution in [-0.2, 0) is 6.42 Å². The van der Waals surface area contributed by atoms with Crippen LogP contribution in [0.4, 0.5) is 0 Å². The van der Waals surface area contributed by atoms with Crippen LogP contribution in [0, 0.1) is 0 Å². The first-order chi connectivity index (χ1) is 14.2. The molecule has 1 fully saturated rings. The number of halogens is 2. The van der Waals surface area contributed by atoms with Crippen molar-refractivity contribution in [3.8, 4) is 11.5 Å². The molecule has 6 heteroatoms. The van der Waals surface area contributed by atoms with Gasteiger partial charge in [-0.25, -0.2) is 0 Å². The first-order valence-electron chi connectivity index (χ1n) is 10.9. The molecule has 0 aliphatic carbocycles. The number of hydrogen-bond donors (Lipinski definition) is 1. The van der Waals surface area contributed by atoms with E-state index in [4.69, 9.17) is 9.47 Å². The molecule has 31 heavy (non-hydrogen) atoms. The molecule has 0 bridgehead atoms. The lowest BCUT2D eigenvalue weighted by Crippen LogP contribution is -2.52. The van der Waals surface area contributed by atoms with Crippen LogP contribution in [0.15, 0.2) is 48.5 Å². The molecule has 1 heterocycles. The highest BCUT2D eigenvalue weighted by atomic mass is 35.5. The molecule has 3 rings (SSSR count). The molecule has 4 nitrogen and oxygen atoms in total. The molecule has 2 atom stereocenters. The highest BCUT2D eigenvalue weighted by molar-refractivity contribution is 5.85. The van der Waals surface area contributed by atoms with Crippen LogP contribution in [0.1, 0.15) is 43.2 Å². The van der Waals surface area contributed by atoms with E-state index in [9.17, 15) is 0 Å². The fourth-order valence-corrected chi connectivity index (χ4v) is 4.23. The van der Waals surface area contributed by atoms with Crippen molar-refractivity contribution in [1.82, 2.24) is 10.2 Å². The van der Waals surface area contributed by atoms with Crippen molar-refractivity contribution in [3.05, 3.63) is 59.7 Å². The van der Waals surface area contributed by atoms with Crippen molar-refractivity contribution in [1.29, 1.82) is 0 Å². The minimum atomic E-state index is 0. The molecule has 0 amide bonds. The van der Waals surface area contributed by atoms with E-state index in [2.05, 4.69) is 59.6 Å². The third-order valence-electron chi connectivity index (χ3n) is 6.11. The van der Waals surface area contributed by atoms with E-state index in [0.717, 1.165) is 31.1 Å². The Kier molecular flexibility index (Phi) is 13.0. The molecule has 0 aromatic heterocycles. The zero-order chi connectivity index (χ0) is 20.5. The summed E-state index contributed by atoms with van der Waals surface area (Å²) in [5.41, 5.74) is 2.75. The summed E-state index contributed by atoms with van der Waals surface area (Å²) in [6.07, 6.45) is 5.06. The average molecular weight is 469 g/mol. The molecule has 2 aromatic carbocycles. The van der Waals surface area contributed by atoms with E-state index < -0.39 is 0 Å². The lowest BCUT2D eigenvalue weighted by atomic mass is 9.91. The van der Waals surface area contributed by atoms with Crippen molar-refractivity contribution in [2.24, 2.45) is 0 Å². The molecule has 174 valence electrons. The maximum Gasteiger partial charge on any atom is 0.160 e. The lowest BCUT2D eigenvalue weighted by Gasteiger charge is -2.37. The van der Waals surface area contributed by atoms with E-state index in [-0.39, 0.29) is 24.8 Å². The van der Waals surface area contributed by atoms with Crippen LogP contribution in [0.5, 0.6) is 11.5 Å². The highest BCUT2D eigenvalue weighted by Crippen LogP contribution is 2.32. The van der Waals surface area contributed by atoms with Gasteiger partial charge in [0.15, 0.2) is 11.5 Å². The van der Waals surface area contributed by atoms with Gasteiger partial charge in [0.2, 0.25) is 0 Å². The van der Waals surface area contributed by atoms with E-state index in [0.29, 0.717) is 12.0 Å². The fourth-order valence-electron chi connectivity index (χ4n) is 4.23. The highest BCUT2D eigenvalue weighted by Gasteiger charge is 2.25. The van der Waals surface area contributed by atoms with Gasteiger partial charge in [-0.1, -0.05) is 49.7 Å². The van der Waals surface area contributed by atoms with Gasteiger partial charge in [-0.2, -0.15) is 0 Å². The summed E-state index contributed by atoms with van der Waals surface area (Å²) in [6.45, 7) is 6.82. The number of hydrogen-bond acceptors (Lipinski definition) is 4. The largest absolute Gasteiger partial charge is 0.493 e. The summed E-state index contributed by atoms with van der Waals surface area (Å²) >= 11 is 0. The molecular weight excluding hydrogens is 431 g/mol. The van der Waals surface area contributed by atoms with Crippen LogP contribution in [-0.4, -0.2) is 51.3 Å². The third kappa shape index (κ3) is 8.19. The smallest absolute Gasteiger partial charge is 0.160 e. The Morgan fingerprint density at radius 2 is 1.71 bits per heavy atom. The van der Waals surface area contributed by atoms with Gasteiger partial charge in [-0.3, -0.25) is 0 Å². The Balaban J connectivity index is 0.00000240. The van der Waals surface area contributed by atoms with Gasteiger partial charge < -0.3 is 19.7 Å². The summed E-state index contributed by atoms with van der Waals surface area (Å²) in [7, 11) is 3.38. The minimum Gasteiger partial charge on any atom is -0.493 e. The summed E-state index contributed by atoms with van der Waals surface area (Å²) in [5, 5.41) is 3.72. The summed E-state index contributed by atoms with van der Waals surface area (Å²) < 4.78 is 10.9. The number of aryl methyl sites for hydroxylation is 1. The second-order valence-corrected chi connectivity index (χ2v) is 8.06. The molecule has 0 radical (unpaired) electrons. The number of benzene rings is 2. The second kappa shape index (κ2) is 14.6. The molecule has 2 unspecified atom stereocenters. The fraction of sp³-hybridized carbons (Fsp3) is 0.520.